The Bertz CT molecular complexity index is 2290. The van der Waals surface area contributed by atoms with Crippen LogP contribution >= 0.6 is 15.6 Å². The quantitative estimate of drug-likeness (QED) is 0.0694. The van der Waals surface area contributed by atoms with Crippen molar-refractivity contribution in [2.75, 3.05) is 0 Å². The van der Waals surface area contributed by atoms with Crippen molar-refractivity contribution >= 4 is 15.6 Å². The third kappa shape index (κ3) is 22.6. The van der Waals surface area contributed by atoms with E-state index >= 15 is 0 Å². The standard InChI is InChI=1S/2C20H20N5.2F6P/c2*1-3-7-18(8-4-1)13-23-11-12-24(17-23)15-20-16-25(22-21-20)14-19-9-5-2-6-10-19;2*1-7(2,3,4,5)6/h2*1-12,16-17H,13-15H2;;/q2*+1;2*-1. The maximum atomic E-state index is 9.87. The van der Waals surface area contributed by atoms with E-state index in [1.165, 1.54) is 22.3 Å². The van der Waals surface area contributed by atoms with Crippen LogP contribution in [0, 0.1) is 0 Å². The van der Waals surface area contributed by atoms with Crippen LogP contribution in [-0.4, -0.2) is 39.1 Å². The number of nitrogens with zero attached hydrogens (tertiary/aromatic N) is 10. The second-order valence-corrected chi connectivity index (χ2v) is 18.0. The normalized spacial score (nSPS) is 13.6. The summed E-state index contributed by atoms with van der Waals surface area (Å²) in [6, 6.07) is 41.5. The van der Waals surface area contributed by atoms with Crippen LogP contribution in [0.5, 0.6) is 0 Å². The number of imidazole rings is 2. The average Bonchev–Trinajstić information content (AvgIpc) is 4.02. The molecule has 0 saturated carbocycles. The molecule has 24 heteroatoms. The van der Waals surface area contributed by atoms with Gasteiger partial charge in [-0.1, -0.05) is 132 Å². The summed E-state index contributed by atoms with van der Waals surface area (Å²) in [6.45, 7) is 4.66. The Morgan fingerprint density at radius 3 is 0.969 bits per heavy atom. The minimum Gasteiger partial charge on any atom is -0.248 e. The molecular weight excluding hydrogens is 910 g/mol. The topological polar surface area (TPSA) is 79.0 Å². The van der Waals surface area contributed by atoms with Gasteiger partial charge in [0.1, 0.15) is 62.4 Å². The van der Waals surface area contributed by atoms with Gasteiger partial charge in [-0.25, -0.2) is 27.6 Å². The minimum absolute atomic E-state index is 0.719. The summed E-state index contributed by atoms with van der Waals surface area (Å²) in [7, 11) is -21.3. The number of hydrogen-bond acceptors (Lipinski definition) is 4. The van der Waals surface area contributed by atoms with Gasteiger partial charge in [0, 0.05) is 0 Å². The van der Waals surface area contributed by atoms with Crippen LogP contribution in [0.15, 0.2) is 171 Å². The Labute approximate surface area is 357 Å². The Morgan fingerprint density at radius 1 is 0.391 bits per heavy atom. The SMILES string of the molecule is F[P-](F)(F)(F)(F)F.F[P-](F)(F)(F)(F)F.c1ccc(Cn2cc(Cn3cc[n+](Cc4ccccc4)c3)nn2)cc1.c1ccc(Cn2cc(Cn3cc[n+](Cc4ccccc4)c3)nn2)cc1. The van der Waals surface area contributed by atoms with Crippen LogP contribution in [0.25, 0.3) is 0 Å². The van der Waals surface area contributed by atoms with E-state index in [1.807, 2.05) is 70.3 Å². The van der Waals surface area contributed by atoms with E-state index in [4.69, 9.17) is 0 Å². The number of aromatic nitrogens is 10. The molecule has 0 radical (unpaired) electrons. The van der Waals surface area contributed by atoms with Crippen LogP contribution < -0.4 is 9.13 Å². The molecule has 0 amide bonds. The Morgan fingerprint density at radius 2 is 0.672 bits per heavy atom. The summed E-state index contributed by atoms with van der Waals surface area (Å²) in [5.41, 5.74) is 6.94. The fourth-order valence-corrected chi connectivity index (χ4v) is 5.73. The molecular formula is C40H40F12N10P2. The Kier molecular flexibility index (Phi) is 14.0. The Hall–Kier alpha value is -6.40. The van der Waals surface area contributed by atoms with Crippen molar-refractivity contribution in [2.24, 2.45) is 0 Å². The van der Waals surface area contributed by atoms with Crippen molar-refractivity contribution in [2.45, 2.75) is 39.3 Å². The second-order valence-electron chi connectivity index (χ2n) is 14.2. The van der Waals surface area contributed by atoms with Gasteiger partial charge in [0.25, 0.3) is 0 Å². The summed E-state index contributed by atoms with van der Waals surface area (Å²) in [5, 5.41) is 17.0. The molecule has 0 N–H and O–H groups in total. The summed E-state index contributed by atoms with van der Waals surface area (Å²) in [5.74, 6) is 0. The molecule has 0 spiro atoms. The molecule has 0 aliphatic heterocycles. The summed E-state index contributed by atoms with van der Waals surface area (Å²) >= 11 is 0. The summed E-state index contributed by atoms with van der Waals surface area (Å²) in [4.78, 5) is 0. The average molecular weight is 951 g/mol. The fraction of sp³-hybridized carbons (Fsp3) is 0.150. The first-order chi connectivity index (χ1) is 29.6. The van der Waals surface area contributed by atoms with Crippen molar-refractivity contribution in [3.8, 4) is 0 Å². The third-order valence-corrected chi connectivity index (χ3v) is 8.14. The van der Waals surface area contributed by atoms with E-state index in [-0.39, 0.29) is 0 Å². The summed E-state index contributed by atoms with van der Waals surface area (Å²) < 4.78 is 131. The third-order valence-electron chi connectivity index (χ3n) is 8.14. The molecule has 0 aliphatic carbocycles. The van der Waals surface area contributed by atoms with E-state index in [1.54, 1.807) is 0 Å². The van der Waals surface area contributed by atoms with Crippen molar-refractivity contribution in [1.82, 2.24) is 39.1 Å². The molecule has 8 aromatic rings. The smallest absolute Gasteiger partial charge is 0.244 e. The zero-order valence-electron chi connectivity index (χ0n) is 33.3. The second kappa shape index (κ2) is 18.4. The van der Waals surface area contributed by atoms with E-state index in [0.717, 1.165) is 50.7 Å². The van der Waals surface area contributed by atoms with Crippen LogP contribution in [-0.2, 0) is 39.3 Å². The van der Waals surface area contributed by atoms with Gasteiger partial charge in [0.15, 0.2) is 0 Å². The van der Waals surface area contributed by atoms with Crippen LogP contribution in [0.4, 0.5) is 50.4 Å². The van der Waals surface area contributed by atoms with Gasteiger partial charge in [-0.2, -0.15) is 0 Å². The largest absolute Gasteiger partial charge is 0.248 e. The predicted octanol–water partition coefficient (Wildman–Crippen LogP) is 11.8. The van der Waals surface area contributed by atoms with Crippen molar-refractivity contribution in [3.05, 3.63) is 205 Å². The van der Waals surface area contributed by atoms with Gasteiger partial charge in [-0.05, 0) is 22.3 Å². The zero-order chi connectivity index (χ0) is 46.6. The number of benzene rings is 4. The molecule has 8 rings (SSSR count). The van der Waals surface area contributed by atoms with Crippen LogP contribution in [0.1, 0.15) is 33.6 Å². The molecule has 4 aromatic carbocycles. The minimum atomic E-state index is -10.7. The Balaban J connectivity index is 0.000000187. The summed E-state index contributed by atoms with van der Waals surface area (Å²) in [6.07, 6.45) is 16.5. The molecule has 0 aliphatic rings. The molecule has 10 nitrogen and oxygen atoms in total. The van der Waals surface area contributed by atoms with Crippen molar-refractivity contribution < 1.29 is 59.5 Å². The molecule has 4 aromatic heterocycles. The first-order valence-corrected chi connectivity index (χ1v) is 22.8. The molecule has 64 heavy (non-hydrogen) atoms. The van der Waals surface area contributed by atoms with E-state index < -0.39 is 15.6 Å². The van der Waals surface area contributed by atoms with Gasteiger partial charge in [-0.15, -0.1) is 10.2 Å². The zero-order valence-corrected chi connectivity index (χ0v) is 35.1. The van der Waals surface area contributed by atoms with Crippen molar-refractivity contribution in [3.63, 3.8) is 0 Å². The van der Waals surface area contributed by atoms with E-state index in [9.17, 15) is 50.4 Å². The van der Waals surface area contributed by atoms with Gasteiger partial charge >= 0.3 is 66.0 Å². The van der Waals surface area contributed by atoms with Crippen LogP contribution in [0.2, 0.25) is 0 Å². The van der Waals surface area contributed by atoms with Gasteiger partial charge in [0.05, 0.1) is 25.5 Å². The van der Waals surface area contributed by atoms with Crippen molar-refractivity contribution in [1.29, 1.82) is 0 Å². The maximum Gasteiger partial charge on any atom is 0.244 e. The number of hydrogen-bond donors (Lipinski definition) is 0. The molecule has 0 fully saturated rings. The monoisotopic (exact) mass is 950 g/mol. The molecule has 0 atom stereocenters. The van der Waals surface area contributed by atoms with Gasteiger partial charge < -0.3 is 0 Å². The molecule has 0 saturated heterocycles. The van der Waals surface area contributed by atoms with Gasteiger partial charge in [0.2, 0.25) is 12.7 Å². The first-order valence-electron chi connectivity index (χ1n) is 18.8. The molecule has 0 bridgehead atoms. The first kappa shape index (κ1) is 48.6. The van der Waals surface area contributed by atoms with E-state index in [0.29, 0.717) is 0 Å². The number of halogens is 12. The van der Waals surface area contributed by atoms with Gasteiger partial charge in [-0.3, -0.25) is 0 Å². The molecule has 344 valence electrons. The maximum absolute atomic E-state index is 10.7. The predicted molar refractivity (Wildman–Crippen MR) is 217 cm³/mol. The molecule has 4 heterocycles. The molecule has 0 unspecified atom stereocenters. The number of rotatable bonds is 12. The van der Waals surface area contributed by atoms with Crippen LogP contribution in [0.3, 0.4) is 0 Å². The van der Waals surface area contributed by atoms with E-state index in [2.05, 4.69) is 149 Å². The fourth-order valence-electron chi connectivity index (χ4n) is 5.73.